The van der Waals surface area contributed by atoms with E-state index in [-0.39, 0.29) is 24.7 Å². The molecular formula is C24H35N3O7. The van der Waals surface area contributed by atoms with Gasteiger partial charge in [0.25, 0.3) is 11.8 Å². The van der Waals surface area contributed by atoms with Gasteiger partial charge in [0.15, 0.2) is 0 Å². The normalized spacial score (nSPS) is 18.9. The molecule has 188 valence electrons. The van der Waals surface area contributed by atoms with Gasteiger partial charge >= 0.3 is 6.09 Å². The Hall–Kier alpha value is -2.69. The zero-order valence-electron chi connectivity index (χ0n) is 20.4. The van der Waals surface area contributed by atoms with E-state index in [1.807, 2.05) is 20.8 Å². The van der Waals surface area contributed by atoms with Crippen LogP contribution < -0.4 is 5.32 Å². The standard InChI is InChI=1S/C24H35N3O7/c1-24(2,3)32-23(29)27-13-10-19(11-14-27)31-16-20-26-22(34-33-20)18-8-6-17(7-9-18)21(28)25-12-5-15-30-4/h6-9,19-20H,5,10-16H2,1-4H3,(H,25,28). The molecular weight excluding hydrogens is 442 g/mol. The number of nitrogens with one attached hydrogen (secondary N) is 1. The van der Waals surface area contributed by atoms with Gasteiger partial charge in [0.1, 0.15) is 5.60 Å². The average Bonchev–Trinajstić information content (AvgIpc) is 3.29. The number of benzene rings is 1. The highest BCUT2D eigenvalue weighted by atomic mass is 17.2. The third-order valence-electron chi connectivity index (χ3n) is 5.27. The number of hydrogen-bond donors (Lipinski definition) is 1. The van der Waals surface area contributed by atoms with Crippen LogP contribution in [0.3, 0.4) is 0 Å². The predicted octanol–water partition coefficient (Wildman–Crippen LogP) is 2.90. The van der Waals surface area contributed by atoms with Gasteiger partial charge in [-0.1, -0.05) is 0 Å². The first-order chi connectivity index (χ1) is 16.2. The highest BCUT2D eigenvalue weighted by molar-refractivity contribution is 5.97. The van der Waals surface area contributed by atoms with E-state index in [9.17, 15) is 9.59 Å². The lowest BCUT2D eigenvalue weighted by molar-refractivity contribution is -0.247. The number of carbonyl (C=O) groups excluding carboxylic acids is 2. The van der Waals surface area contributed by atoms with Gasteiger partial charge in [0.05, 0.1) is 12.7 Å². The van der Waals surface area contributed by atoms with Crippen LogP contribution in [0.15, 0.2) is 29.3 Å². The minimum atomic E-state index is -0.567. The maximum Gasteiger partial charge on any atom is 0.410 e. The third-order valence-corrected chi connectivity index (χ3v) is 5.27. The number of piperidine rings is 1. The smallest absolute Gasteiger partial charge is 0.410 e. The lowest BCUT2D eigenvalue weighted by Gasteiger charge is -2.33. The van der Waals surface area contributed by atoms with Crippen molar-refractivity contribution in [3.8, 4) is 0 Å². The summed E-state index contributed by atoms with van der Waals surface area (Å²) >= 11 is 0. The number of ether oxygens (including phenoxy) is 3. The molecule has 1 aromatic rings. The molecule has 0 saturated carbocycles. The minimum Gasteiger partial charge on any atom is -0.444 e. The van der Waals surface area contributed by atoms with Crippen LogP contribution in [-0.2, 0) is 24.0 Å². The van der Waals surface area contributed by atoms with E-state index >= 15 is 0 Å². The Bertz CT molecular complexity index is 843. The van der Waals surface area contributed by atoms with Crippen molar-refractivity contribution in [2.45, 2.75) is 58.0 Å². The van der Waals surface area contributed by atoms with Crippen molar-refractivity contribution in [2.24, 2.45) is 4.99 Å². The molecule has 0 aromatic heterocycles. The summed E-state index contributed by atoms with van der Waals surface area (Å²) in [6.07, 6.45) is 1.36. The van der Waals surface area contributed by atoms with Crippen molar-refractivity contribution in [1.82, 2.24) is 10.2 Å². The minimum absolute atomic E-state index is 0.0169. The van der Waals surface area contributed by atoms with Crippen molar-refractivity contribution in [2.75, 3.05) is 40.0 Å². The predicted molar refractivity (Wildman–Crippen MR) is 125 cm³/mol. The molecule has 0 aliphatic carbocycles. The van der Waals surface area contributed by atoms with Crippen LogP contribution in [0.2, 0.25) is 0 Å². The molecule has 2 aliphatic rings. The Morgan fingerprint density at radius 1 is 1.18 bits per heavy atom. The number of hydrogen-bond acceptors (Lipinski definition) is 8. The average molecular weight is 478 g/mol. The van der Waals surface area contributed by atoms with Gasteiger partial charge in [0.2, 0.25) is 6.23 Å². The molecule has 0 bridgehead atoms. The number of methoxy groups -OCH3 is 1. The molecule has 1 N–H and O–H groups in total. The van der Waals surface area contributed by atoms with Crippen LogP contribution in [-0.4, -0.2) is 80.7 Å². The molecule has 2 amide bonds. The van der Waals surface area contributed by atoms with Crippen LogP contribution in [0.1, 0.15) is 56.0 Å². The van der Waals surface area contributed by atoms with Gasteiger partial charge in [-0.2, -0.15) is 4.89 Å². The van der Waals surface area contributed by atoms with Crippen LogP contribution in [0.25, 0.3) is 0 Å². The van der Waals surface area contributed by atoms with Crippen molar-refractivity contribution in [3.63, 3.8) is 0 Å². The van der Waals surface area contributed by atoms with Gasteiger partial charge < -0.3 is 29.3 Å². The summed E-state index contributed by atoms with van der Waals surface area (Å²) in [6, 6.07) is 6.97. The van der Waals surface area contributed by atoms with E-state index in [1.165, 1.54) is 0 Å². The molecule has 1 fully saturated rings. The fourth-order valence-corrected chi connectivity index (χ4v) is 3.50. The van der Waals surface area contributed by atoms with Gasteiger partial charge in [-0.05, 0) is 64.3 Å². The van der Waals surface area contributed by atoms with Gasteiger partial charge in [-0.3, -0.25) is 4.79 Å². The fraction of sp³-hybridized carbons (Fsp3) is 0.625. The molecule has 3 rings (SSSR count). The van der Waals surface area contributed by atoms with E-state index < -0.39 is 11.8 Å². The molecule has 0 radical (unpaired) electrons. The molecule has 2 heterocycles. The second kappa shape index (κ2) is 12.1. The lowest BCUT2D eigenvalue weighted by Crippen LogP contribution is -2.43. The second-order valence-corrected chi connectivity index (χ2v) is 9.25. The first kappa shape index (κ1) is 25.9. The molecule has 1 aromatic carbocycles. The van der Waals surface area contributed by atoms with Crippen molar-refractivity contribution in [3.05, 3.63) is 35.4 Å². The van der Waals surface area contributed by atoms with E-state index in [0.717, 1.165) is 19.3 Å². The molecule has 10 nitrogen and oxygen atoms in total. The maximum atomic E-state index is 12.2. The van der Waals surface area contributed by atoms with Crippen LogP contribution in [0, 0.1) is 0 Å². The molecule has 10 heteroatoms. The zero-order chi connectivity index (χ0) is 24.6. The number of carbonyl (C=O) groups is 2. The Labute approximate surface area is 200 Å². The highest BCUT2D eigenvalue weighted by Gasteiger charge is 2.29. The Balaban J connectivity index is 1.40. The van der Waals surface area contributed by atoms with E-state index in [0.29, 0.717) is 43.3 Å². The number of aliphatic imine (C=N–C) groups is 1. The first-order valence-electron chi connectivity index (χ1n) is 11.6. The Kier molecular flexibility index (Phi) is 9.26. The van der Waals surface area contributed by atoms with E-state index in [2.05, 4.69) is 10.3 Å². The van der Waals surface area contributed by atoms with Gasteiger partial charge in [-0.15, -0.1) is 0 Å². The number of amides is 2. The van der Waals surface area contributed by atoms with E-state index in [4.69, 9.17) is 24.0 Å². The zero-order valence-corrected chi connectivity index (χ0v) is 20.4. The maximum absolute atomic E-state index is 12.2. The largest absolute Gasteiger partial charge is 0.444 e. The molecule has 1 saturated heterocycles. The Morgan fingerprint density at radius 2 is 1.88 bits per heavy atom. The summed E-state index contributed by atoms with van der Waals surface area (Å²) in [5, 5.41) is 2.85. The number of nitrogens with zero attached hydrogens (tertiary/aromatic N) is 2. The van der Waals surface area contributed by atoms with Gasteiger partial charge in [-0.25, -0.2) is 9.79 Å². The van der Waals surface area contributed by atoms with Crippen molar-refractivity contribution >= 4 is 17.9 Å². The number of likely N-dealkylation sites (tertiary alicyclic amines) is 1. The van der Waals surface area contributed by atoms with Gasteiger partial charge in [0, 0.05) is 44.5 Å². The third kappa shape index (κ3) is 7.96. The van der Waals surface area contributed by atoms with Crippen LogP contribution in [0.4, 0.5) is 4.79 Å². The monoisotopic (exact) mass is 477 g/mol. The summed E-state index contributed by atoms with van der Waals surface area (Å²) in [5.41, 5.74) is 0.763. The summed E-state index contributed by atoms with van der Waals surface area (Å²) in [7, 11) is 1.63. The van der Waals surface area contributed by atoms with Crippen molar-refractivity contribution < 1.29 is 33.6 Å². The van der Waals surface area contributed by atoms with Crippen LogP contribution in [0.5, 0.6) is 0 Å². The lowest BCUT2D eigenvalue weighted by atomic mass is 10.1. The summed E-state index contributed by atoms with van der Waals surface area (Å²) < 4.78 is 16.3. The van der Waals surface area contributed by atoms with Crippen LogP contribution >= 0.6 is 0 Å². The summed E-state index contributed by atoms with van der Waals surface area (Å²) in [6.45, 7) is 8.15. The first-order valence-corrected chi connectivity index (χ1v) is 11.6. The highest BCUT2D eigenvalue weighted by Crippen LogP contribution is 2.20. The van der Waals surface area contributed by atoms with Crippen molar-refractivity contribution in [1.29, 1.82) is 0 Å². The molecule has 34 heavy (non-hydrogen) atoms. The second-order valence-electron chi connectivity index (χ2n) is 9.25. The quantitative estimate of drug-likeness (QED) is 0.430. The topological polar surface area (TPSA) is 108 Å². The molecule has 0 spiro atoms. The molecule has 1 atom stereocenters. The van der Waals surface area contributed by atoms with E-state index in [1.54, 1.807) is 36.3 Å². The fourth-order valence-electron chi connectivity index (χ4n) is 3.50. The molecule has 2 aliphatic heterocycles. The summed E-state index contributed by atoms with van der Waals surface area (Å²) in [4.78, 5) is 41.0. The number of rotatable bonds is 9. The SMILES string of the molecule is COCCCNC(=O)c1ccc(C2=NC(COC3CCN(C(=O)OC(C)(C)C)CC3)OO2)cc1. The summed E-state index contributed by atoms with van der Waals surface area (Å²) in [5.74, 6) is 0.206. The molecule has 1 unspecified atom stereocenters. The Morgan fingerprint density at radius 3 is 2.53 bits per heavy atom.